The Morgan fingerprint density at radius 3 is 2.40 bits per heavy atom. The lowest BCUT2D eigenvalue weighted by atomic mass is 10.1. The van der Waals surface area contributed by atoms with Gasteiger partial charge in [-0.1, -0.05) is 12.1 Å². The number of carbonyl (C=O) groups excluding carboxylic acids is 2. The fraction of sp³-hybridized carbons (Fsp3) is 0.360. The maximum absolute atomic E-state index is 12.2. The number of aromatic nitrogens is 2. The molecule has 2 heterocycles. The number of rotatable bonds is 6. The second kappa shape index (κ2) is 10.0. The van der Waals surface area contributed by atoms with Crippen LogP contribution >= 0.6 is 0 Å². The van der Waals surface area contributed by atoms with E-state index in [0.29, 0.717) is 30.5 Å². The molecule has 4 rings (SSSR count). The SMILES string of the molecule is COC(=O)[C@H](Cc1ccc(Nc2ncnc3cc4c(cc23)OCCO4)cc1)NC(=O)OC(C)(C)C. The molecular weight excluding hydrogens is 452 g/mol. The van der Waals surface area contributed by atoms with Crippen LogP contribution in [0.15, 0.2) is 42.7 Å². The van der Waals surface area contributed by atoms with E-state index in [-0.39, 0.29) is 6.42 Å². The predicted molar refractivity (Wildman–Crippen MR) is 129 cm³/mol. The van der Waals surface area contributed by atoms with E-state index in [4.69, 9.17) is 18.9 Å². The Morgan fingerprint density at radius 2 is 1.74 bits per heavy atom. The molecule has 2 aromatic carbocycles. The van der Waals surface area contributed by atoms with Crippen molar-refractivity contribution in [1.29, 1.82) is 0 Å². The van der Waals surface area contributed by atoms with Crippen LogP contribution in [-0.4, -0.2) is 54.0 Å². The van der Waals surface area contributed by atoms with E-state index in [1.807, 2.05) is 36.4 Å². The van der Waals surface area contributed by atoms with Crippen LogP contribution in [0.5, 0.6) is 11.5 Å². The molecule has 10 heteroatoms. The summed E-state index contributed by atoms with van der Waals surface area (Å²) in [6.07, 6.45) is 1.04. The molecule has 0 unspecified atom stereocenters. The van der Waals surface area contributed by atoms with Crippen molar-refractivity contribution in [1.82, 2.24) is 15.3 Å². The molecule has 0 saturated carbocycles. The zero-order valence-electron chi connectivity index (χ0n) is 20.1. The number of hydrogen-bond donors (Lipinski definition) is 2. The number of alkyl carbamates (subject to hydrolysis) is 1. The van der Waals surface area contributed by atoms with E-state index in [0.717, 1.165) is 22.2 Å². The molecule has 0 radical (unpaired) electrons. The number of nitrogens with one attached hydrogen (secondary N) is 2. The van der Waals surface area contributed by atoms with Crippen molar-refractivity contribution >= 4 is 34.5 Å². The molecule has 1 aliphatic rings. The van der Waals surface area contributed by atoms with Crippen LogP contribution < -0.4 is 20.1 Å². The number of ether oxygens (including phenoxy) is 4. The molecule has 1 aliphatic heterocycles. The molecule has 35 heavy (non-hydrogen) atoms. The maximum Gasteiger partial charge on any atom is 0.408 e. The number of amides is 1. The van der Waals surface area contributed by atoms with Gasteiger partial charge in [0.05, 0.1) is 12.6 Å². The van der Waals surface area contributed by atoms with Crippen molar-refractivity contribution in [3.63, 3.8) is 0 Å². The summed E-state index contributed by atoms with van der Waals surface area (Å²) in [4.78, 5) is 33.1. The number of hydrogen-bond acceptors (Lipinski definition) is 9. The smallest absolute Gasteiger partial charge is 0.408 e. The van der Waals surface area contributed by atoms with Crippen LogP contribution in [0, 0.1) is 0 Å². The van der Waals surface area contributed by atoms with E-state index >= 15 is 0 Å². The Labute approximate surface area is 202 Å². The highest BCUT2D eigenvalue weighted by Gasteiger charge is 2.25. The molecular formula is C25H28N4O6. The second-order valence-electron chi connectivity index (χ2n) is 8.98. The fourth-order valence-corrected chi connectivity index (χ4v) is 3.57. The van der Waals surface area contributed by atoms with Gasteiger partial charge in [0.15, 0.2) is 11.5 Å². The summed E-state index contributed by atoms with van der Waals surface area (Å²) >= 11 is 0. The van der Waals surface area contributed by atoms with E-state index < -0.39 is 23.7 Å². The van der Waals surface area contributed by atoms with Crippen LogP contribution in [0.2, 0.25) is 0 Å². The number of fused-ring (bicyclic) bond motifs is 2. The van der Waals surface area contributed by atoms with Crippen LogP contribution in [0.4, 0.5) is 16.3 Å². The Kier molecular flexibility index (Phi) is 6.90. The standard InChI is InChI=1S/C25H28N4O6/c1-25(2,3)35-24(31)29-19(23(30)32-4)11-15-5-7-16(8-6-15)28-22-17-12-20-21(34-10-9-33-20)13-18(17)26-14-27-22/h5-8,12-14,19H,9-11H2,1-4H3,(H,29,31)(H,26,27,28)/t19-/m0/s1. The van der Waals surface area contributed by atoms with Gasteiger partial charge in [0.25, 0.3) is 0 Å². The van der Waals surface area contributed by atoms with E-state index in [1.165, 1.54) is 13.4 Å². The van der Waals surface area contributed by atoms with Crippen molar-refractivity contribution in [2.45, 2.75) is 38.8 Å². The Bertz CT molecular complexity index is 1220. The van der Waals surface area contributed by atoms with Crippen LogP contribution in [0.25, 0.3) is 10.9 Å². The third-order valence-corrected chi connectivity index (χ3v) is 5.13. The quantitative estimate of drug-likeness (QED) is 0.508. The second-order valence-corrected chi connectivity index (χ2v) is 8.98. The lowest BCUT2D eigenvalue weighted by molar-refractivity contribution is -0.143. The molecule has 3 aromatic rings. The summed E-state index contributed by atoms with van der Waals surface area (Å²) in [5.41, 5.74) is 1.67. The zero-order chi connectivity index (χ0) is 25.0. The summed E-state index contributed by atoms with van der Waals surface area (Å²) in [5, 5.41) is 6.68. The molecule has 10 nitrogen and oxygen atoms in total. The normalized spacial score (nSPS) is 13.6. The highest BCUT2D eigenvalue weighted by molar-refractivity contribution is 5.93. The van der Waals surface area contributed by atoms with Gasteiger partial charge in [0.1, 0.15) is 37.0 Å². The van der Waals surface area contributed by atoms with Crippen molar-refractivity contribution in [3.8, 4) is 11.5 Å². The first-order valence-corrected chi connectivity index (χ1v) is 11.2. The number of benzene rings is 2. The number of methoxy groups -OCH3 is 1. The van der Waals surface area contributed by atoms with Gasteiger partial charge >= 0.3 is 12.1 Å². The minimum atomic E-state index is -0.882. The summed E-state index contributed by atoms with van der Waals surface area (Å²) in [6, 6.07) is 10.3. The number of esters is 1. The maximum atomic E-state index is 12.2. The average molecular weight is 481 g/mol. The monoisotopic (exact) mass is 480 g/mol. The minimum absolute atomic E-state index is 0.242. The van der Waals surface area contributed by atoms with Crippen LogP contribution in [-0.2, 0) is 20.7 Å². The molecule has 0 aliphatic carbocycles. The first-order valence-electron chi connectivity index (χ1n) is 11.2. The number of carbonyl (C=O) groups is 2. The molecule has 0 fully saturated rings. The van der Waals surface area contributed by atoms with Gasteiger partial charge in [0.2, 0.25) is 0 Å². The molecule has 0 spiro atoms. The Balaban J connectivity index is 1.48. The van der Waals surface area contributed by atoms with Gasteiger partial charge in [-0.15, -0.1) is 0 Å². The van der Waals surface area contributed by atoms with Gasteiger partial charge in [-0.2, -0.15) is 0 Å². The van der Waals surface area contributed by atoms with Gasteiger partial charge in [-0.05, 0) is 44.5 Å². The number of nitrogens with zero attached hydrogens (tertiary/aromatic N) is 2. The first-order chi connectivity index (χ1) is 16.7. The molecule has 1 atom stereocenters. The first kappa shape index (κ1) is 24.1. The Hall–Kier alpha value is -4.08. The third kappa shape index (κ3) is 6.08. The lowest BCUT2D eigenvalue weighted by Gasteiger charge is -2.22. The molecule has 0 saturated heterocycles. The van der Waals surface area contributed by atoms with Crippen molar-refractivity contribution in [3.05, 3.63) is 48.3 Å². The van der Waals surface area contributed by atoms with Gasteiger partial charge < -0.3 is 29.6 Å². The largest absolute Gasteiger partial charge is 0.486 e. The fourth-order valence-electron chi connectivity index (χ4n) is 3.57. The average Bonchev–Trinajstić information content (AvgIpc) is 2.82. The van der Waals surface area contributed by atoms with Crippen LogP contribution in [0.1, 0.15) is 26.3 Å². The highest BCUT2D eigenvalue weighted by Crippen LogP contribution is 2.36. The molecule has 0 bridgehead atoms. The van der Waals surface area contributed by atoms with Crippen molar-refractivity contribution in [2.24, 2.45) is 0 Å². The van der Waals surface area contributed by atoms with Crippen LogP contribution in [0.3, 0.4) is 0 Å². The summed E-state index contributed by atoms with van der Waals surface area (Å²) in [7, 11) is 1.28. The summed E-state index contributed by atoms with van der Waals surface area (Å²) in [5.74, 6) is 1.39. The molecule has 1 amide bonds. The summed E-state index contributed by atoms with van der Waals surface area (Å²) < 4.78 is 21.4. The zero-order valence-corrected chi connectivity index (χ0v) is 20.1. The molecule has 2 N–H and O–H groups in total. The van der Waals surface area contributed by atoms with Gasteiger partial charge in [-0.25, -0.2) is 19.6 Å². The Morgan fingerprint density at radius 1 is 1.06 bits per heavy atom. The van der Waals surface area contributed by atoms with Gasteiger partial charge in [0, 0.05) is 23.6 Å². The highest BCUT2D eigenvalue weighted by atomic mass is 16.6. The van der Waals surface area contributed by atoms with Gasteiger partial charge in [-0.3, -0.25) is 0 Å². The van der Waals surface area contributed by atoms with E-state index in [2.05, 4.69) is 20.6 Å². The predicted octanol–water partition coefficient (Wildman–Crippen LogP) is 3.75. The molecule has 1 aromatic heterocycles. The van der Waals surface area contributed by atoms with Crippen molar-refractivity contribution < 1.29 is 28.5 Å². The molecule has 184 valence electrons. The lowest BCUT2D eigenvalue weighted by Crippen LogP contribution is -2.45. The number of anilines is 2. The summed E-state index contributed by atoms with van der Waals surface area (Å²) in [6.45, 7) is 6.25. The van der Waals surface area contributed by atoms with E-state index in [9.17, 15) is 9.59 Å². The van der Waals surface area contributed by atoms with E-state index in [1.54, 1.807) is 20.8 Å². The third-order valence-electron chi connectivity index (χ3n) is 5.13. The minimum Gasteiger partial charge on any atom is -0.486 e. The topological polar surface area (TPSA) is 121 Å². The van der Waals surface area contributed by atoms with Crippen molar-refractivity contribution in [2.75, 3.05) is 25.6 Å².